The first-order valence-corrected chi connectivity index (χ1v) is 7.13. The first-order valence-electron chi connectivity index (χ1n) is 7.13. The summed E-state index contributed by atoms with van der Waals surface area (Å²) in [5, 5.41) is 21.0. The van der Waals surface area contributed by atoms with Gasteiger partial charge in [-0.2, -0.15) is 0 Å². The van der Waals surface area contributed by atoms with E-state index in [1.54, 1.807) is 0 Å². The fourth-order valence-corrected chi connectivity index (χ4v) is 2.52. The molecular formula is C17H21NO3. The highest BCUT2D eigenvalue weighted by molar-refractivity contribution is 5.89. The van der Waals surface area contributed by atoms with E-state index in [1.165, 1.54) is 0 Å². The van der Waals surface area contributed by atoms with Crippen LogP contribution in [0, 0.1) is 0 Å². The number of nitrogens with zero attached hydrogens (tertiary/aromatic N) is 1. The van der Waals surface area contributed by atoms with Gasteiger partial charge in [0.05, 0.1) is 0 Å². The number of rotatable bonds is 6. The van der Waals surface area contributed by atoms with Crippen molar-refractivity contribution in [1.29, 1.82) is 0 Å². The molecule has 2 rings (SSSR count). The van der Waals surface area contributed by atoms with Gasteiger partial charge >= 0.3 is 5.97 Å². The van der Waals surface area contributed by atoms with Crippen molar-refractivity contribution in [2.24, 2.45) is 0 Å². The van der Waals surface area contributed by atoms with Crippen LogP contribution in [-0.4, -0.2) is 34.7 Å². The summed E-state index contributed by atoms with van der Waals surface area (Å²) in [7, 11) is 1.95. The third kappa shape index (κ3) is 3.52. The van der Waals surface area contributed by atoms with Crippen LogP contribution in [0.25, 0.3) is 10.8 Å². The molecule has 1 atom stereocenters. The van der Waals surface area contributed by atoms with Crippen LogP contribution >= 0.6 is 0 Å². The number of hydrogen-bond donors (Lipinski definition) is 2. The van der Waals surface area contributed by atoms with Crippen LogP contribution in [0.1, 0.15) is 31.4 Å². The molecule has 4 nitrogen and oxygen atoms in total. The summed E-state index contributed by atoms with van der Waals surface area (Å²) in [6.45, 7) is 2.70. The van der Waals surface area contributed by atoms with Crippen LogP contribution in [0.4, 0.5) is 0 Å². The Labute approximate surface area is 124 Å². The third-order valence-electron chi connectivity index (χ3n) is 3.94. The van der Waals surface area contributed by atoms with E-state index >= 15 is 0 Å². The molecule has 0 fully saturated rings. The summed E-state index contributed by atoms with van der Waals surface area (Å²) in [4.78, 5) is 12.6. The fourth-order valence-electron chi connectivity index (χ4n) is 2.52. The van der Waals surface area contributed by atoms with E-state index in [4.69, 9.17) is 5.11 Å². The minimum Gasteiger partial charge on any atom is -0.507 e. The highest BCUT2D eigenvalue weighted by Crippen LogP contribution is 2.34. The number of fused-ring (bicyclic) bond motifs is 1. The number of carboxylic acid groups (broad SMARTS) is 1. The van der Waals surface area contributed by atoms with Gasteiger partial charge in [-0.25, -0.2) is 0 Å². The summed E-state index contributed by atoms with van der Waals surface area (Å²) in [6.07, 6.45) is 0.769. The first kappa shape index (κ1) is 15.3. The molecule has 0 saturated carbocycles. The second-order valence-corrected chi connectivity index (χ2v) is 5.38. The Balaban J connectivity index is 2.17. The highest BCUT2D eigenvalue weighted by Gasteiger charge is 2.17. The Morgan fingerprint density at radius 3 is 2.67 bits per heavy atom. The maximum Gasteiger partial charge on any atom is 0.303 e. The minimum atomic E-state index is -0.774. The molecule has 1 unspecified atom stereocenters. The zero-order chi connectivity index (χ0) is 15.4. The van der Waals surface area contributed by atoms with Crippen molar-refractivity contribution in [3.63, 3.8) is 0 Å². The van der Waals surface area contributed by atoms with E-state index < -0.39 is 5.97 Å². The van der Waals surface area contributed by atoms with Crippen molar-refractivity contribution < 1.29 is 15.0 Å². The lowest BCUT2D eigenvalue weighted by Gasteiger charge is -2.26. The highest BCUT2D eigenvalue weighted by atomic mass is 16.4. The van der Waals surface area contributed by atoms with E-state index in [0.717, 1.165) is 16.3 Å². The number of carbonyl (C=O) groups is 1. The van der Waals surface area contributed by atoms with Gasteiger partial charge in [0.2, 0.25) is 0 Å². The Kier molecular flexibility index (Phi) is 4.81. The lowest BCUT2D eigenvalue weighted by atomic mass is 10.00. The molecule has 0 aliphatic heterocycles. The van der Waals surface area contributed by atoms with Gasteiger partial charge in [0.25, 0.3) is 0 Å². The normalized spacial score (nSPS) is 12.7. The molecule has 21 heavy (non-hydrogen) atoms. The number of aliphatic carboxylic acids is 1. The van der Waals surface area contributed by atoms with Crippen LogP contribution < -0.4 is 0 Å². The Hall–Kier alpha value is -2.07. The average molecular weight is 287 g/mol. The SMILES string of the molecule is CC(c1ccc2ccccc2c1O)N(C)CCCC(=O)O. The minimum absolute atomic E-state index is 0.0309. The molecule has 0 aliphatic carbocycles. The average Bonchev–Trinajstić information content (AvgIpc) is 2.47. The Morgan fingerprint density at radius 1 is 1.24 bits per heavy atom. The number of carboxylic acids is 1. The van der Waals surface area contributed by atoms with Gasteiger partial charge < -0.3 is 10.2 Å². The molecule has 2 aromatic carbocycles. The van der Waals surface area contributed by atoms with Gasteiger partial charge in [-0.1, -0.05) is 36.4 Å². The number of phenolic OH excluding ortho intramolecular Hbond substituents is 1. The molecule has 0 saturated heterocycles. The maximum absolute atomic E-state index is 10.6. The summed E-state index contributed by atoms with van der Waals surface area (Å²) >= 11 is 0. The number of aromatic hydroxyl groups is 1. The topological polar surface area (TPSA) is 60.8 Å². The van der Waals surface area contributed by atoms with Gasteiger partial charge in [0.15, 0.2) is 0 Å². The summed E-state index contributed by atoms with van der Waals surface area (Å²) in [5.41, 5.74) is 0.867. The monoisotopic (exact) mass is 287 g/mol. The molecular weight excluding hydrogens is 266 g/mol. The predicted molar refractivity (Wildman–Crippen MR) is 83.5 cm³/mol. The molecule has 4 heteroatoms. The lowest BCUT2D eigenvalue weighted by molar-refractivity contribution is -0.137. The maximum atomic E-state index is 10.6. The second kappa shape index (κ2) is 6.59. The Bertz CT molecular complexity index is 639. The predicted octanol–water partition coefficient (Wildman–Crippen LogP) is 3.40. The zero-order valence-corrected chi connectivity index (χ0v) is 12.4. The molecule has 0 aliphatic rings. The van der Waals surface area contributed by atoms with E-state index in [0.29, 0.717) is 18.7 Å². The summed E-state index contributed by atoms with van der Waals surface area (Å²) in [6, 6.07) is 11.7. The van der Waals surface area contributed by atoms with E-state index in [-0.39, 0.29) is 12.5 Å². The molecule has 0 heterocycles. The van der Waals surface area contributed by atoms with Gasteiger partial charge in [0.1, 0.15) is 5.75 Å². The van der Waals surface area contributed by atoms with Gasteiger partial charge in [-0.3, -0.25) is 9.69 Å². The molecule has 0 radical (unpaired) electrons. The smallest absolute Gasteiger partial charge is 0.303 e. The van der Waals surface area contributed by atoms with Gasteiger partial charge in [-0.05, 0) is 32.3 Å². The van der Waals surface area contributed by atoms with Crippen molar-refractivity contribution in [3.05, 3.63) is 42.0 Å². The van der Waals surface area contributed by atoms with E-state index in [9.17, 15) is 9.90 Å². The summed E-state index contributed by atoms with van der Waals surface area (Å²) < 4.78 is 0. The van der Waals surface area contributed by atoms with Crippen molar-refractivity contribution >= 4 is 16.7 Å². The number of hydrogen-bond acceptors (Lipinski definition) is 3. The largest absolute Gasteiger partial charge is 0.507 e. The molecule has 0 amide bonds. The zero-order valence-electron chi connectivity index (χ0n) is 12.4. The van der Waals surface area contributed by atoms with Crippen LogP contribution in [0.5, 0.6) is 5.75 Å². The van der Waals surface area contributed by atoms with Crippen LogP contribution in [0.15, 0.2) is 36.4 Å². The quantitative estimate of drug-likeness (QED) is 0.854. The van der Waals surface area contributed by atoms with E-state index in [2.05, 4.69) is 4.90 Å². The van der Waals surface area contributed by atoms with Gasteiger partial charge in [0, 0.05) is 23.4 Å². The standard InChI is InChI=1S/C17H21NO3/c1-12(18(2)11-5-8-16(19)20)14-10-9-13-6-3-4-7-15(13)17(14)21/h3-4,6-7,9-10,12,21H,5,8,11H2,1-2H3,(H,19,20). The molecule has 0 spiro atoms. The van der Waals surface area contributed by atoms with Gasteiger partial charge in [-0.15, -0.1) is 0 Å². The number of benzene rings is 2. The van der Waals surface area contributed by atoms with Crippen molar-refractivity contribution in [2.75, 3.05) is 13.6 Å². The third-order valence-corrected chi connectivity index (χ3v) is 3.94. The Morgan fingerprint density at radius 2 is 1.95 bits per heavy atom. The lowest BCUT2D eigenvalue weighted by Crippen LogP contribution is -2.24. The van der Waals surface area contributed by atoms with E-state index in [1.807, 2.05) is 50.4 Å². The van der Waals surface area contributed by atoms with Crippen LogP contribution in [0.3, 0.4) is 0 Å². The molecule has 2 N–H and O–H groups in total. The first-order chi connectivity index (χ1) is 10.0. The number of phenols is 1. The van der Waals surface area contributed by atoms with Crippen molar-refractivity contribution in [1.82, 2.24) is 4.90 Å². The van der Waals surface area contributed by atoms with Crippen molar-refractivity contribution in [2.45, 2.75) is 25.8 Å². The molecule has 112 valence electrons. The van der Waals surface area contributed by atoms with Crippen LogP contribution in [0.2, 0.25) is 0 Å². The molecule has 0 bridgehead atoms. The summed E-state index contributed by atoms with van der Waals surface area (Å²) in [5.74, 6) is -0.463. The van der Waals surface area contributed by atoms with Crippen molar-refractivity contribution in [3.8, 4) is 5.75 Å². The molecule has 0 aromatic heterocycles. The molecule has 2 aromatic rings. The second-order valence-electron chi connectivity index (χ2n) is 5.38. The fraction of sp³-hybridized carbons (Fsp3) is 0.353. The van der Waals surface area contributed by atoms with Crippen LogP contribution in [-0.2, 0) is 4.79 Å².